The number of rotatable bonds is 1. The summed E-state index contributed by atoms with van der Waals surface area (Å²) in [5, 5.41) is 6.72. The first-order valence-electron chi connectivity index (χ1n) is 4.92. The van der Waals surface area contributed by atoms with E-state index >= 15 is 0 Å². The Morgan fingerprint density at radius 1 is 1.25 bits per heavy atom. The van der Waals surface area contributed by atoms with Gasteiger partial charge in [-0.05, 0) is 24.5 Å². The van der Waals surface area contributed by atoms with Crippen molar-refractivity contribution in [2.45, 2.75) is 18.9 Å². The van der Waals surface area contributed by atoms with Crippen LogP contribution >= 0.6 is 0 Å². The fraction of sp³-hybridized carbons (Fsp3) is 0.444. The van der Waals surface area contributed by atoms with Crippen molar-refractivity contribution in [1.82, 2.24) is 10.5 Å². The van der Waals surface area contributed by atoms with Gasteiger partial charge in [-0.3, -0.25) is 0 Å². The van der Waals surface area contributed by atoms with Gasteiger partial charge in [0.25, 0.3) is 0 Å². The largest absolute Gasteiger partial charge is 0.424 e. The van der Waals surface area contributed by atoms with E-state index in [1.165, 1.54) is 0 Å². The van der Waals surface area contributed by atoms with Crippen LogP contribution in [0.15, 0.2) is 22.9 Å². The molecule has 16 heavy (non-hydrogen) atoms. The van der Waals surface area contributed by atoms with Crippen molar-refractivity contribution >= 4 is 11.3 Å². The van der Waals surface area contributed by atoms with Crippen molar-refractivity contribution in [3.05, 3.63) is 26.6 Å². The van der Waals surface area contributed by atoms with Gasteiger partial charge in [-0.1, -0.05) is 0 Å². The van der Waals surface area contributed by atoms with Gasteiger partial charge < -0.3 is 18.7 Å². The van der Waals surface area contributed by atoms with Crippen LogP contribution in [0.4, 0.5) is 0 Å². The molecule has 0 amide bonds. The highest BCUT2D eigenvalue weighted by Crippen LogP contribution is 2.28. The minimum atomic E-state index is -1.08. The summed E-state index contributed by atoms with van der Waals surface area (Å²) in [5.74, 6) is 0.411. The molecule has 0 spiro atoms. The lowest BCUT2D eigenvalue weighted by Crippen LogP contribution is -2.21. The Labute approximate surface area is 88.0 Å². The van der Waals surface area contributed by atoms with Gasteiger partial charge >= 0.3 is 17.0 Å². The Morgan fingerprint density at radius 2 is 2.06 bits per heavy atom. The number of fused-ring (bicyclic) bond motifs is 1. The second-order valence-electron chi connectivity index (χ2n) is 3.61. The highest BCUT2D eigenvalue weighted by Gasteiger charge is 2.26. The monoisotopic (exact) mass is 224 g/mol. The Balaban J connectivity index is 2.22. The molecule has 0 bridgehead atoms. The van der Waals surface area contributed by atoms with Crippen LogP contribution in [0.1, 0.15) is 24.6 Å². The Morgan fingerprint density at radius 3 is 2.81 bits per heavy atom. The van der Waals surface area contributed by atoms with Crippen molar-refractivity contribution in [3.63, 3.8) is 0 Å². The molecule has 2 aromatic heterocycles. The molecule has 0 aliphatic carbocycles. The zero-order chi connectivity index (χ0) is 11.1. The summed E-state index contributed by atoms with van der Waals surface area (Å²) in [6.07, 6.45) is 1.88. The minimum Gasteiger partial charge on any atom is -0.408 e. The summed E-state index contributed by atoms with van der Waals surface area (Å²) in [7, 11) is 0. The molecule has 3 rings (SSSR count). The molecule has 7 heteroatoms. The Hall–Kier alpha value is -1.89. The standard InChI is InChI=1S/C9H8N2O5/c12-8-9(13)15-7-6(14-8)5(16-11-7)4-2-1-3-10-4/h4,10H,1-3H2. The van der Waals surface area contributed by atoms with E-state index in [1.807, 2.05) is 0 Å². The summed E-state index contributed by atoms with van der Waals surface area (Å²) in [5.41, 5.74) is -2.08. The SMILES string of the molecule is O=c1oc2noc(C3CCCN3)c2oc1=O. The minimum absolute atomic E-state index is 0.0409. The third kappa shape index (κ3) is 1.28. The second kappa shape index (κ2) is 3.31. The first kappa shape index (κ1) is 9.34. The molecule has 0 aromatic carbocycles. The van der Waals surface area contributed by atoms with Gasteiger partial charge in [0.15, 0.2) is 5.76 Å². The van der Waals surface area contributed by atoms with E-state index < -0.39 is 11.3 Å². The first-order chi connectivity index (χ1) is 7.75. The summed E-state index contributed by atoms with van der Waals surface area (Å²) in [6, 6.07) is -0.0409. The molecular weight excluding hydrogens is 216 g/mol. The third-order valence-corrected chi connectivity index (χ3v) is 2.57. The van der Waals surface area contributed by atoms with E-state index in [2.05, 4.69) is 14.9 Å². The highest BCUT2D eigenvalue weighted by molar-refractivity contribution is 5.67. The highest BCUT2D eigenvalue weighted by atomic mass is 16.5. The average Bonchev–Trinajstić information content (AvgIpc) is 2.87. The van der Waals surface area contributed by atoms with Crippen molar-refractivity contribution in [2.75, 3.05) is 6.54 Å². The van der Waals surface area contributed by atoms with E-state index in [4.69, 9.17) is 8.94 Å². The number of hydrogen-bond acceptors (Lipinski definition) is 7. The Bertz CT molecular complexity index is 631. The van der Waals surface area contributed by atoms with E-state index in [-0.39, 0.29) is 17.3 Å². The molecule has 0 saturated carbocycles. The molecule has 7 nitrogen and oxygen atoms in total. The molecule has 1 aliphatic rings. The molecule has 1 atom stereocenters. The van der Waals surface area contributed by atoms with Crippen LogP contribution < -0.4 is 16.6 Å². The third-order valence-electron chi connectivity index (χ3n) is 2.57. The normalized spacial score (nSPS) is 20.6. The molecular formula is C9H8N2O5. The Kier molecular flexibility index (Phi) is 1.93. The number of hydrogen-bond donors (Lipinski definition) is 1. The lowest BCUT2D eigenvalue weighted by atomic mass is 10.2. The van der Waals surface area contributed by atoms with Crippen LogP contribution in [-0.2, 0) is 0 Å². The molecule has 0 radical (unpaired) electrons. The van der Waals surface area contributed by atoms with Gasteiger partial charge in [-0.15, -0.1) is 0 Å². The molecule has 1 saturated heterocycles. The summed E-state index contributed by atoms with van der Waals surface area (Å²) >= 11 is 0. The van der Waals surface area contributed by atoms with Gasteiger partial charge in [0.05, 0.1) is 6.04 Å². The molecule has 3 heterocycles. The fourth-order valence-corrected chi connectivity index (χ4v) is 1.83. The van der Waals surface area contributed by atoms with Gasteiger partial charge in [0.2, 0.25) is 5.58 Å². The van der Waals surface area contributed by atoms with Crippen molar-refractivity contribution in [1.29, 1.82) is 0 Å². The van der Waals surface area contributed by atoms with E-state index in [0.717, 1.165) is 19.4 Å². The maximum Gasteiger partial charge on any atom is 0.424 e. The lowest BCUT2D eigenvalue weighted by Gasteiger charge is -2.03. The average molecular weight is 224 g/mol. The van der Waals surface area contributed by atoms with Crippen LogP contribution in [0.2, 0.25) is 0 Å². The molecule has 1 N–H and O–H groups in total. The predicted octanol–water partition coefficient (Wildman–Crippen LogP) is 0.159. The number of nitrogens with one attached hydrogen (secondary N) is 1. The second-order valence-corrected chi connectivity index (χ2v) is 3.61. The van der Waals surface area contributed by atoms with Gasteiger partial charge in [-0.2, -0.15) is 0 Å². The number of aromatic nitrogens is 1. The fourth-order valence-electron chi connectivity index (χ4n) is 1.83. The summed E-state index contributed by atoms with van der Waals surface area (Å²) in [6.45, 7) is 0.869. The van der Waals surface area contributed by atoms with Crippen LogP contribution in [0.5, 0.6) is 0 Å². The van der Waals surface area contributed by atoms with Crippen LogP contribution in [-0.4, -0.2) is 11.7 Å². The van der Waals surface area contributed by atoms with Crippen molar-refractivity contribution < 1.29 is 13.4 Å². The summed E-state index contributed by atoms with van der Waals surface area (Å²) < 4.78 is 14.5. The predicted molar refractivity (Wildman–Crippen MR) is 51.1 cm³/mol. The molecule has 1 aliphatic heterocycles. The summed E-state index contributed by atoms with van der Waals surface area (Å²) in [4.78, 5) is 21.9. The number of nitrogens with zero attached hydrogens (tertiary/aromatic N) is 1. The zero-order valence-corrected chi connectivity index (χ0v) is 8.19. The van der Waals surface area contributed by atoms with E-state index in [0.29, 0.717) is 5.76 Å². The quantitative estimate of drug-likeness (QED) is 0.688. The van der Waals surface area contributed by atoms with Crippen LogP contribution in [0.3, 0.4) is 0 Å². The lowest BCUT2D eigenvalue weighted by molar-refractivity contribution is 0.348. The molecule has 1 fully saturated rings. The van der Waals surface area contributed by atoms with Gasteiger partial charge in [0.1, 0.15) is 0 Å². The van der Waals surface area contributed by atoms with Gasteiger partial charge in [-0.25, -0.2) is 9.59 Å². The smallest absolute Gasteiger partial charge is 0.408 e. The van der Waals surface area contributed by atoms with Crippen LogP contribution in [0, 0.1) is 0 Å². The van der Waals surface area contributed by atoms with E-state index in [9.17, 15) is 9.59 Å². The maximum absolute atomic E-state index is 11.0. The van der Waals surface area contributed by atoms with Gasteiger partial charge in [0, 0.05) is 0 Å². The molecule has 2 aromatic rings. The topological polar surface area (TPSA) is 98.5 Å². The van der Waals surface area contributed by atoms with E-state index in [1.54, 1.807) is 0 Å². The van der Waals surface area contributed by atoms with Crippen molar-refractivity contribution in [2.24, 2.45) is 0 Å². The van der Waals surface area contributed by atoms with Crippen molar-refractivity contribution in [3.8, 4) is 0 Å². The maximum atomic E-state index is 11.0. The molecule has 84 valence electrons. The molecule has 1 unspecified atom stereocenters. The zero-order valence-electron chi connectivity index (χ0n) is 8.19. The first-order valence-corrected chi connectivity index (χ1v) is 4.92. The van der Waals surface area contributed by atoms with Crippen LogP contribution in [0.25, 0.3) is 11.3 Å².